The highest BCUT2D eigenvalue weighted by Crippen LogP contribution is 2.10. The monoisotopic (exact) mass is 183 g/mol. The largest absolute Gasteiger partial charge is 0.343 e. The van der Waals surface area contributed by atoms with E-state index in [0.29, 0.717) is 12.8 Å². The van der Waals surface area contributed by atoms with E-state index in [0.717, 1.165) is 32.4 Å². The zero-order chi connectivity index (χ0) is 9.68. The van der Waals surface area contributed by atoms with Crippen molar-refractivity contribution in [2.24, 2.45) is 0 Å². The van der Waals surface area contributed by atoms with Crippen LogP contribution >= 0.6 is 0 Å². The molecule has 1 fully saturated rings. The first-order chi connectivity index (χ1) is 6.20. The van der Waals surface area contributed by atoms with Gasteiger partial charge in [-0.15, -0.1) is 0 Å². The molecular formula is C10H17NO2. The molecule has 0 spiro atoms. The number of amides is 1. The summed E-state index contributed by atoms with van der Waals surface area (Å²) in [4.78, 5) is 23.7. The lowest BCUT2D eigenvalue weighted by atomic mass is 10.2. The van der Waals surface area contributed by atoms with Crippen LogP contribution in [0.25, 0.3) is 0 Å². The Labute approximate surface area is 79.1 Å². The fourth-order valence-electron chi connectivity index (χ4n) is 1.62. The van der Waals surface area contributed by atoms with Crippen LogP contribution in [0.5, 0.6) is 0 Å². The highest BCUT2D eigenvalue weighted by Gasteiger charge is 2.18. The third kappa shape index (κ3) is 3.57. The molecule has 74 valence electrons. The van der Waals surface area contributed by atoms with Crippen molar-refractivity contribution in [3.05, 3.63) is 0 Å². The van der Waals surface area contributed by atoms with Gasteiger partial charge in [0.15, 0.2) is 0 Å². The van der Waals surface area contributed by atoms with E-state index in [-0.39, 0.29) is 11.7 Å². The molecule has 0 atom stereocenters. The molecule has 1 aliphatic rings. The van der Waals surface area contributed by atoms with Crippen LogP contribution in [0.4, 0.5) is 0 Å². The van der Waals surface area contributed by atoms with Crippen LogP contribution in [0, 0.1) is 0 Å². The number of Topliss-reactive ketones (excluding diaryl/α,β-unsaturated/α-hetero) is 1. The molecule has 0 saturated carbocycles. The van der Waals surface area contributed by atoms with E-state index in [4.69, 9.17) is 0 Å². The van der Waals surface area contributed by atoms with Gasteiger partial charge in [-0.2, -0.15) is 0 Å². The van der Waals surface area contributed by atoms with E-state index in [1.54, 1.807) is 6.92 Å². The van der Waals surface area contributed by atoms with E-state index in [1.807, 2.05) is 4.90 Å². The topological polar surface area (TPSA) is 37.4 Å². The summed E-state index contributed by atoms with van der Waals surface area (Å²) in [6.07, 6.45) is 4.25. The van der Waals surface area contributed by atoms with E-state index >= 15 is 0 Å². The van der Waals surface area contributed by atoms with Crippen LogP contribution < -0.4 is 0 Å². The zero-order valence-electron chi connectivity index (χ0n) is 8.21. The number of rotatable bonds is 5. The molecule has 0 radical (unpaired) electrons. The van der Waals surface area contributed by atoms with Crippen LogP contribution in [-0.4, -0.2) is 29.7 Å². The Balaban J connectivity index is 2.05. The van der Waals surface area contributed by atoms with Crippen molar-refractivity contribution in [2.45, 2.75) is 39.0 Å². The van der Waals surface area contributed by atoms with Crippen LogP contribution in [0.15, 0.2) is 0 Å². The van der Waals surface area contributed by atoms with Crippen LogP contribution in [0.3, 0.4) is 0 Å². The number of hydrogen-bond donors (Lipinski definition) is 0. The molecule has 3 nitrogen and oxygen atoms in total. The molecule has 1 rings (SSSR count). The second-order valence-corrected chi connectivity index (χ2v) is 3.64. The van der Waals surface area contributed by atoms with Crippen molar-refractivity contribution >= 4 is 11.7 Å². The average molecular weight is 183 g/mol. The number of hydrogen-bond acceptors (Lipinski definition) is 2. The second-order valence-electron chi connectivity index (χ2n) is 3.64. The molecule has 1 amide bonds. The molecule has 0 unspecified atom stereocenters. The van der Waals surface area contributed by atoms with Crippen molar-refractivity contribution in [1.29, 1.82) is 0 Å². The minimum Gasteiger partial charge on any atom is -0.343 e. The maximum Gasteiger partial charge on any atom is 0.222 e. The molecule has 13 heavy (non-hydrogen) atoms. The van der Waals surface area contributed by atoms with E-state index in [9.17, 15) is 9.59 Å². The highest BCUT2D eigenvalue weighted by atomic mass is 16.2. The van der Waals surface area contributed by atoms with Gasteiger partial charge in [0.05, 0.1) is 0 Å². The van der Waals surface area contributed by atoms with E-state index in [2.05, 4.69) is 0 Å². The van der Waals surface area contributed by atoms with Crippen molar-refractivity contribution in [2.75, 3.05) is 13.1 Å². The average Bonchev–Trinajstić information content (AvgIpc) is 2.45. The van der Waals surface area contributed by atoms with Crippen LogP contribution in [0.1, 0.15) is 39.0 Å². The summed E-state index contributed by atoms with van der Waals surface area (Å²) in [7, 11) is 0. The Hall–Kier alpha value is -0.860. The lowest BCUT2D eigenvalue weighted by Crippen LogP contribution is -2.25. The zero-order valence-corrected chi connectivity index (χ0v) is 8.21. The first kappa shape index (κ1) is 10.2. The standard InChI is InChI=1S/C10H17NO2/c1-9(12)5-2-3-7-11-8-4-6-10(11)13/h2-8H2,1H3. The van der Waals surface area contributed by atoms with Gasteiger partial charge in [0, 0.05) is 25.9 Å². The fraction of sp³-hybridized carbons (Fsp3) is 0.800. The quantitative estimate of drug-likeness (QED) is 0.604. The van der Waals surface area contributed by atoms with Crippen molar-refractivity contribution in [1.82, 2.24) is 4.90 Å². The maximum absolute atomic E-state index is 11.2. The van der Waals surface area contributed by atoms with Gasteiger partial charge in [-0.1, -0.05) is 0 Å². The Kier molecular flexibility index (Phi) is 3.93. The number of nitrogens with zero attached hydrogens (tertiary/aromatic N) is 1. The van der Waals surface area contributed by atoms with Gasteiger partial charge < -0.3 is 9.69 Å². The minimum absolute atomic E-state index is 0.243. The van der Waals surface area contributed by atoms with Gasteiger partial charge in [0.1, 0.15) is 5.78 Å². The molecule has 1 heterocycles. The predicted molar refractivity (Wildman–Crippen MR) is 50.3 cm³/mol. The van der Waals surface area contributed by atoms with Crippen molar-refractivity contribution in [3.63, 3.8) is 0 Å². The van der Waals surface area contributed by atoms with Crippen LogP contribution in [0.2, 0.25) is 0 Å². The Morgan fingerprint density at radius 1 is 1.46 bits per heavy atom. The third-order valence-corrected chi connectivity index (χ3v) is 2.38. The Morgan fingerprint density at radius 2 is 2.23 bits per heavy atom. The molecule has 0 aromatic heterocycles. The van der Waals surface area contributed by atoms with E-state index < -0.39 is 0 Å². The summed E-state index contributed by atoms with van der Waals surface area (Å²) in [6, 6.07) is 0. The highest BCUT2D eigenvalue weighted by molar-refractivity contribution is 5.78. The smallest absolute Gasteiger partial charge is 0.222 e. The number of carbonyl (C=O) groups is 2. The van der Waals surface area contributed by atoms with Crippen molar-refractivity contribution < 1.29 is 9.59 Å². The molecule has 0 aromatic carbocycles. The SMILES string of the molecule is CC(=O)CCCCN1CCCC1=O. The van der Waals surface area contributed by atoms with Gasteiger partial charge in [0.2, 0.25) is 5.91 Å². The Bertz CT molecular complexity index is 201. The molecule has 3 heteroatoms. The first-order valence-electron chi connectivity index (χ1n) is 4.97. The van der Waals surface area contributed by atoms with E-state index in [1.165, 1.54) is 0 Å². The minimum atomic E-state index is 0.243. The predicted octanol–water partition coefficient (Wildman–Crippen LogP) is 1.37. The first-order valence-corrected chi connectivity index (χ1v) is 4.97. The molecule has 0 aromatic rings. The molecule has 1 aliphatic heterocycles. The van der Waals surface area contributed by atoms with Gasteiger partial charge in [-0.25, -0.2) is 0 Å². The fourth-order valence-corrected chi connectivity index (χ4v) is 1.62. The van der Waals surface area contributed by atoms with Crippen LogP contribution in [-0.2, 0) is 9.59 Å². The molecule has 0 bridgehead atoms. The normalized spacial score (nSPS) is 16.7. The maximum atomic E-state index is 11.2. The number of likely N-dealkylation sites (tertiary alicyclic amines) is 1. The Morgan fingerprint density at radius 3 is 2.77 bits per heavy atom. The third-order valence-electron chi connectivity index (χ3n) is 2.38. The molecule has 0 aliphatic carbocycles. The summed E-state index contributed by atoms with van der Waals surface area (Å²) in [6.45, 7) is 3.37. The summed E-state index contributed by atoms with van der Waals surface area (Å²) < 4.78 is 0. The molecule has 1 saturated heterocycles. The van der Waals surface area contributed by atoms with Gasteiger partial charge in [0.25, 0.3) is 0 Å². The summed E-state index contributed by atoms with van der Waals surface area (Å²) in [5.74, 6) is 0.524. The van der Waals surface area contributed by atoms with Gasteiger partial charge in [-0.05, 0) is 26.2 Å². The number of ketones is 1. The molecular weight excluding hydrogens is 166 g/mol. The summed E-state index contributed by atoms with van der Waals surface area (Å²) in [5.41, 5.74) is 0. The lowest BCUT2D eigenvalue weighted by Gasteiger charge is -2.14. The molecule has 0 N–H and O–H groups in total. The number of carbonyl (C=O) groups excluding carboxylic acids is 2. The second kappa shape index (κ2) is 5.00. The number of unbranched alkanes of at least 4 members (excludes halogenated alkanes) is 1. The van der Waals surface area contributed by atoms with Gasteiger partial charge in [-0.3, -0.25) is 4.79 Å². The van der Waals surface area contributed by atoms with Crippen molar-refractivity contribution in [3.8, 4) is 0 Å². The van der Waals surface area contributed by atoms with Gasteiger partial charge >= 0.3 is 0 Å². The summed E-state index contributed by atoms with van der Waals surface area (Å²) >= 11 is 0. The summed E-state index contributed by atoms with van der Waals surface area (Å²) in [5, 5.41) is 0. The lowest BCUT2D eigenvalue weighted by molar-refractivity contribution is -0.127.